The minimum absolute atomic E-state index is 0.0994. The molecule has 0 aromatic carbocycles. The van der Waals surface area contributed by atoms with Gasteiger partial charge in [-0.15, -0.1) is 11.3 Å². The lowest BCUT2D eigenvalue weighted by atomic mass is 9.62. The molecule has 9 nitrogen and oxygen atoms in total. The molecule has 3 heterocycles. The lowest BCUT2D eigenvalue weighted by Crippen LogP contribution is -2.39. The first kappa shape index (κ1) is 25.9. The summed E-state index contributed by atoms with van der Waals surface area (Å²) >= 11 is 1.29. The molecule has 0 radical (unpaired) electrons. The third-order valence-electron chi connectivity index (χ3n) is 7.29. The Balaban J connectivity index is 1.18. The van der Waals surface area contributed by atoms with Crippen LogP contribution in [-0.2, 0) is 9.59 Å². The van der Waals surface area contributed by atoms with E-state index in [1.807, 2.05) is 42.7 Å². The van der Waals surface area contributed by atoms with Crippen LogP contribution in [0.5, 0.6) is 0 Å². The predicted octanol–water partition coefficient (Wildman–Crippen LogP) is 4.08. The molecule has 2 atom stereocenters. The summed E-state index contributed by atoms with van der Waals surface area (Å²) in [5.74, 6) is 0.198. The second kappa shape index (κ2) is 10.9. The van der Waals surface area contributed by atoms with E-state index in [-0.39, 0.29) is 36.3 Å². The van der Waals surface area contributed by atoms with Crippen LogP contribution in [0.3, 0.4) is 0 Å². The van der Waals surface area contributed by atoms with Crippen LogP contribution in [0.15, 0.2) is 59.1 Å². The van der Waals surface area contributed by atoms with Gasteiger partial charge in [-0.3, -0.25) is 9.59 Å². The number of thiazole rings is 1. The molecule has 196 valence electrons. The molecule has 0 saturated heterocycles. The molecule has 3 aromatic heterocycles. The van der Waals surface area contributed by atoms with Gasteiger partial charge in [-0.25, -0.2) is 19.9 Å². The van der Waals surface area contributed by atoms with Crippen LogP contribution in [0, 0.1) is 18.3 Å². The highest BCUT2D eigenvalue weighted by Crippen LogP contribution is 2.48. The quantitative estimate of drug-likeness (QED) is 0.420. The summed E-state index contributed by atoms with van der Waals surface area (Å²) in [6.45, 7) is 3.85. The number of hydrogen-bond acceptors (Lipinski definition) is 8. The van der Waals surface area contributed by atoms with Gasteiger partial charge in [0, 0.05) is 23.8 Å². The third-order valence-corrected chi connectivity index (χ3v) is 8.05. The number of aliphatic hydroxyl groups is 1. The number of anilines is 1. The van der Waals surface area contributed by atoms with Gasteiger partial charge in [-0.1, -0.05) is 30.7 Å². The van der Waals surface area contributed by atoms with Crippen LogP contribution < -0.4 is 10.6 Å². The molecule has 1 saturated carbocycles. The number of pyridine rings is 1. The van der Waals surface area contributed by atoms with Gasteiger partial charge in [0.2, 0.25) is 11.8 Å². The van der Waals surface area contributed by atoms with Crippen LogP contribution >= 0.6 is 11.3 Å². The van der Waals surface area contributed by atoms with Crippen molar-refractivity contribution >= 4 is 28.3 Å². The SMILES string of the molecule is Cc1nccc(-c2cccc(-c3csc(NC(=O)CNC(=O)C4=CC=C5CCC[C@@](C)(CO)C5C4)n3)n2)n1. The molecule has 38 heavy (non-hydrogen) atoms. The zero-order valence-electron chi connectivity index (χ0n) is 21.4. The van der Waals surface area contributed by atoms with E-state index in [2.05, 4.69) is 37.5 Å². The smallest absolute Gasteiger partial charge is 0.247 e. The minimum atomic E-state index is -0.358. The summed E-state index contributed by atoms with van der Waals surface area (Å²) < 4.78 is 0. The average molecular weight is 531 g/mol. The molecule has 2 aliphatic rings. The van der Waals surface area contributed by atoms with Gasteiger partial charge in [-0.2, -0.15) is 0 Å². The zero-order valence-corrected chi connectivity index (χ0v) is 22.2. The van der Waals surface area contributed by atoms with Crippen molar-refractivity contribution in [2.24, 2.45) is 11.3 Å². The maximum Gasteiger partial charge on any atom is 0.247 e. The van der Waals surface area contributed by atoms with E-state index in [9.17, 15) is 14.7 Å². The van der Waals surface area contributed by atoms with Gasteiger partial charge >= 0.3 is 0 Å². The average Bonchev–Trinajstić information content (AvgIpc) is 3.40. The van der Waals surface area contributed by atoms with Gasteiger partial charge in [0.05, 0.1) is 23.6 Å². The van der Waals surface area contributed by atoms with E-state index in [1.54, 1.807) is 12.3 Å². The fourth-order valence-electron chi connectivity index (χ4n) is 5.13. The number of hydrogen-bond donors (Lipinski definition) is 3. The first-order valence-corrected chi connectivity index (χ1v) is 13.5. The van der Waals surface area contributed by atoms with Gasteiger partial charge in [-0.05, 0) is 62.1 Å². The maximum absolute atomic E-state index is 12.8. The lowest BCUT2D eigenvalue weighted by molar-refractivity contribution is -0.121. The number of nitrogens with zero attached hydrogens (tertiary/aromatic N) is 4. The Kier molecular flexibility index (Phi) is 7.44. The van der Waals surface area contributed by atoms with E-state index in [0.717, 1.165) is 25.0 Å². The Hall–Kier alpha value is -3.76. The second-order valence-corrected chi connectivity index (χ2v) is 10.9. The number of allylic oxidation sites excluding steroid dienone is 3. The van der Waals surface area contributed by atoms with Gasteiger partial charge in [0.15, 0.2) is 5.13 Å². The lowest BCUT2D eigenvalue weighted by Gasteiger charge is -2.43. The number of aliphatic hydroxyl groups excluding tert-OH is 1. The highest BCUT2D eigenvalue weighted by Gasteiger charge is 2.40. The fraction of sp³-hybridized carbons (Fsp3) is 0.357. The predicted molar refractivity (Wildman–Crippen MR) is 146 cm³/mol. The molecule has 10 heteroatoms. The third kappa shape index (κ3) is 5.56. The van der Waals surface area contributed by atoms with Crippen LogP contribution in [0.2, 0.25) is 0 Å². The molecule has 0 spiro atoms. The number of rotatable bonds is 7. The Morgan fingerprint density at radius 3 is 2.68 bits per heavy atom. The summed E-state index contributed by atoms with van der Waals surface area (Å²) in [5, 5.41) is 17.7. The Labute approximate surface area is 225 Å². The molecule has 0 bridgehead atoms. The Morgan fingerprint density at radius 2 is 1.89 bits per heavy atom. The molecular weight excluding hydrogens is 500 g/mol. The normalized spacial score (nSPS) is 20.7. The largest absolute Gasteiger partial charge is 0.396 e. The second-order valence-electron chi connectivity index (χ2n) is 10.0. The number of fused-ring (bicyclic) bond motifs is 1. The first-order chi connectivity index (χ1) is 18.3. The topological polar surface area (TPSA) is 130 Å². The molecule has 0 aliphatic heterocycles. The van der Waals surface area contributed by atoms with Crippen molar-refractivity contribution in [3.05, 3.63) is 65.0 Å². The maximum atomic E-state index is 12.8. The summed E-state index contributed by atoms with van der Waals surface area (Å²) in [7, 11) is 0. The number of aromatic nitrogens is 4. The van der Waals surface area contributed by atoms with Crippen LogP contribution in [0.1, 0.15) is 38.4 Å². The fourth-order valence-corrected chi connectivity index (χ4v) is 5.85. The van der Waals surface area contributed by atoms with E-state index < -0.39 is 0 Å². The van der Waals surface area contributed by atoms with Gasteiger partial charge in [0.1, 0.15) is 11.5 Å². The number of carbonyl (C=O) groups excluding carboxylic acids is 2. The molecule has 3 aromatic rings. The zero-order chi connectivity index (χ0) is 26.7. The van der Waals surface area contributed by atoms with Crippen molar-refractivity contribution < 1.29 is 14.7 Å². The van der Waals surface area contributed by atoms with E-state index in [4.69, 9.17) is 0 Å². The van der Waals surface area contributed by atoms with Crippen LogP contribution in [0.4, 0.5) is 5.13 Å². The van der Waals surface area contributed by atoms with E-state index in [0.29, 0.717) is 40.0 Å². The molecule has 5 rings (SSSR count). The minimum Gasteiger partial charge on any atom is -0.396 e. The first-order valence-electron chi connectivity index (χ1n) is 12.7. The number of carbonyl (C=O) groups is 2. The van der Waals surface area contributed by atoms with E-state index in [1.165, 1.54) is 16.9 Å². The highest BCUT2D eigenvalue weighted by molar-refractivity contribution is 7.14. The van der Waals surface area contributed by atoms with Crippen LogP contribution in [-0.4, -0.2) is 50.0 Å². The summed E-state index contributed by atoms with van der Waals surface area (Å²) in [6.07, 6.45) is 9.13. The number of aryl methyl sites for hydroxylation is 1. The monoisotopic (exact) mass is 530 g/mol. The summed E-state index contributed by atoms with van der Waals surface area (Å²) in [4.78, 5) is 43.0. The van der Waals surface area contributed by atoms with Crippen molar-refractivity contribution in [3.63, 3.8) is 0 Å². The van der Waals surface area contributed by atoms with Crippen molar-refractivity contribution in [2.45, 2.75) is 39.5 Å². The Bertz CT molecular complexity index is 1430. The standard InChI is InChI=1S/C28H30N6O3S/c1-17-29-12-10-23(31-17)21-6-3-7-22(32-21)24-15-38-27(33-24)34-25(36)14-30-26(37)19-9-8-18-5-4-11-28(2,16-35)20(18)13-19/h3,6-10,12,15,20,35H,4-5,11,13-14,16H2,1-2H3,(H,30,37)(H,33,34,36)/t20?,28-/m0/s1. The highest BCUT2D eigenvalue weighted by atomic mass is 32.1. The van der Waals surface area contributed by atoms with Crippen molar-refractivity contribution in [3.8, 4) is 22.8 Å². The molecule has 1 fully saturated rings. The molecule has 3 N–H and O–H groups in total. The molecule has 1 unspecified atom stereocenters. The van der Waals surface area contributed by atoms with E-state index >= 15 is 0 Å². The van der Waals surface area contributed by atoms with Crippen molar-refractivity contribution in [2.75, 3.05) is 18.5 Å². The Morgan fingerprint density at radius 1 is 1.11 bits per heavy atom. The van der Waals surface area contributed by atoms with Crippen molar-refractivity contribution in [1.29, 1.82) is 0 Å². The molecule has 2 aliphatic carbocycles. The van der Waals surface area contributed by atoms with Crippen molar-refractivity contribution in [1.82, 2.24) is 25.3 Å². The molecular formula is C28H30N6O3S. The summed E-state index contributed by atoms with van der Waals surface area (Å²) in [6, 6.07) is 7.42. The van der Waals surface area contributed by atoms with Gasteiger partial charge < -0.3 is 15.7 Å². The number of amides is 2. The molecule has 2 amide bonds. The summed E-state index contributed by atoms with van der Waals surface area (Å²) in [5.41, 5.74) is 4.45. The van der Waals surface area contributed by atoms with Gasteiger partial charge in [0.25, 0.3) is 0 Å². The van der Waals surface area contributed by atoms with Crippen LogP contribution in [0.25, 0.3) is 22.8 Å². The number of nitrogens with one attached hydrogen (secondary N) is 2.